The number of hydrogen-bond donors (Lipinski definition) is 0. The van der Waals surface area contributed by atoms with Crippen LogP contribution in [0.1, 0.15) is 0 Å². The SMILES string of the molecule is COc1cc(-n2[se]c3ccccc3c2=O)c2ncccc2c1. The van der Waals surface area contributed by atoms with Crippen LogP contribution in [-0.2, 0) is 0 Å². The second-order valence-corrected chi connectivity index (χ2v) is 6.98. The summed E-state index contributed by atoms with van der Waals surface area (Å²) in [5.41, 5.74) is 1.68. The average Bonchev–Trinajstić information content (AvgIpc) is 2.91. The van der Waals surface area contributed by atoms with Gasteiger partial charge in [-0.15, -0.1) is 0 Å². The topological polar surface area (TPSA) is 44.1 Å². The van der Waals surface area contributed by atoms with E-state index < -0.39 is 0 Å². The van der Waals surface area contributed by atoms with Gasteiger partial charge < -0.3 is 0 Å². The number of benzene rings is 2. The van der Waals surface area contributed by atoms with Crippen LogP contribution in [-0.4, -0.2) is 30.4 Å². The Morgan fingerprint density at radius 1 is 1.14 bits per heavy atom. The summed E-state index contributed by atoms with van der Waals surface area (Å²) in [7, 11) is 1.63. The Morgan fingerprint density at radius 2 is 2.00 bits per heavy atom. The van der Waals surface area contributed by atoms with Gasteiger partial charge in [-0.2, -0.15) is 0 Å². The fraction of sp³-hybridized carbons (Fsp3) is 0.0588. The van der Waals surface area contributed by atoms with Gasteiger partial charge in [-0.3, -0.25) is 0 Å². The Bertz CT molecular complexity index is 1050. The number of nitrogens with zero attached hydrogens (tertiary/aromatic N) is 2. The molecule has 4 nitrogen and oxygen atoms in total. The van der Waals surface area contributed by atoms with Gasteiger partial charge in [0.15, 0.2) is 0 Å². The molecule has 108 valence electrons. The van der Waals surface area contributed by atoms with E-state index in [1.807, 2.05) is 52.1 Å². The van der Waals surface area contributed by atoms with E-state index in [1.54, 1.807) is 13.3 Å². The van der Waals surface area contributed by atoms with Crippen molar-refractivity contribution in [2.75, 3.05) is 7.11 Å². The predicted molar refractivity (Wildman–Crippen MR) is 88.3 cm³/mol. The molecular formula is C17H12N2O2Se. The first-order chi connectivity index (χ1) is 10.8. The third-order valence-electron chi connectivity index (χ3n) is 3.60. The van der Waals surface area contributed by atoms with Crippen molar-refractivity contribution in [2.45, 2.75) is 0 Å². The van der Waals surface area contributed by atoms with Crippen LogP contribution < -0.4 is 10.3 Å². The van der Waals surface area contributed by atoms with E-state index in [1.165, 1.54) is 0 Å². The van der Waals surface area contributed by atoms with Gasteiger partial charge in [-0.05, 0) is 0 Å². The first-order valence-corrected chi connectivity index (χ1v) is 8.44. The molecule has 5 heteroatoms. The van der Waals surface area contributed by atoms with Crippen LogP contribution in [0.15, 0.2) is 59.5 Å². The van der Waals surface area contributed by atoms with Crippen molar-refractivity contribution < 1.29 is 4.74 Å². The zero-order valence-corrected chi connectivity index (χ0v) is 13.5. The van der Waals surface area contributed by atoms with Crippen molar-refractivity contribution in [2.24, 2.45) is 0 Å². The zero-order chi connectivity index (χ0) is 15.1. The summed E-state index contributed by atoms with van der Waals surface area (Å²) in [5, 5.41) is 1.76. The summed E-state index contributed by atoms with van der Waals surface area (Å²) in [6.07, 6.45) is 1.75. The molecule has 0 saturated heterocycles. The van der Waals surface area contributed by atoms with Crippen LogP contribution in [0.2, 0.25) is 0 Å². The predicted octanol–water partition coefficient (Wildman–Crippen LogP) is 2.60. The van der Waals surface area contributed by atoms with Crippen LogP contribution in [0.5, 0.6) is 5.75 Å². The third kappa shape index (κ3) is 1.98. The first kappa shape index (κ1) is 13.3. The fourth-order valence-corrected chi connectivity index (χ4v) is 4.67. The van der Waals surface area contributed by atoms with Crippen molar-refractivity contribution in [3.63, 3.8) is 0 Å². The summed E-state index contributed by atoms with van der Waals surface area (Å²) >= 11 is -0.0789. The van der Waals surface area contributed by atoms with Gasteiger partial charge >= 0.3 is 132 Å². The van der Waals surface area contributed by atoms with Crippen molar-refractivity contribution in [1.82, 2.24) is 8.55 Å². The van der Waals surface area contributed by atoms with Gasteiger partial charge in [-0.1, -0.05) is 0 Å². The third-order valence-corrected chi connectivity index (χ3v) is 5.91. The van der Waals surface area contributed by atoms with E-state index in [0.717, 1.165) is 32.0 Å². The number of hydrogen-bond acceptors (Lipinski definition) is 3. The first-order valence-electron chi connectivity index (χ1n) is 6.82. The Kier molecular flexibility index (Phi) is 3.10. The molecule has 2 heterocycles. The molecule has 4 rings (SSSR count). The van der Waals surface area contributed by atoms with Crippen LogP contribution in [0.4, 0.5) is 0 Å². The number of rotatable bonds is 2. The van der Waals surface area contributed by atoms with Crippen LogP contribution in [0, 0.1) is 0 Å². The van der Waals surface area contributed by atoms with Crippen molar-refractivity contribution in [3.05, 3.63) is 65.1 Å². The Labute approximate surface area is 132 Å². The van der Waals surface area contributed by atoms with E-state index in [2.05, 4.69) is 4.98 Å². The number of fused-ring (bicyclic) bond motifs is 2. The number of ether oxygens (including phenoxy) is 1. The molecule has 0 N–H and O–H groups in total. The minimum atomic E-state index is -0.0789. The zero-order valence-electron chi connectivity index (χ0n) is 11.8. The molecule has 0 saturated carbocycles. The van der Waals surface area contributed by atoms with Crippen LogP contribution in [0.25, 0.3) is 26.2 Å². The van der Waals surface area contributed by atoms with Gasteiger partial charge in [-0.25, -0.2) is 0 Å². The minimum absolute atomic E-state index is 0.0378. The summed E-state index contributed by atoms with van der Waals surface area (Å²) in [6, 6.07) is 15.5. The van der Waals surface area contributed by atoms with Crippen molar-refractivity contribution in [1.29, 1.82) is 0 Å². The monoisotopic (exact) mass is 356 g/mol. The molecule has 2 aromatic carbocycles. The maximum atomic E-state index is 12.7. The number of methoxy groups -OCH3 is 1. The van der Waals surface area contributed by atoms with Crippen LogP contribution >= 0.6 is 0 Å². The van der Waals surface area contributed by atoms with Gasteiger partial charge in [0, 0.05) is 0 Å². The average molecular weight is 355 g/mol. The van der Waals surface area contributed by atoms with Crippen molar-refractivity contribution >= 4 is 35.3 Å². The Morgan fingerprint density at radius 3 is 2.82 bits per heavy atom. The summed E-state index contributed by atoms with van der Waals surface area (Å²) in [5.74, 6) is 0.732. The van der Waals surface area contributed by atoms with Gasteiger partial charge in [0.25, 0.3) is 0 Å². The van der Waals surface area contributed by atoms with Crippen LogP contribution in [0.3, 0.4) is 0 Å². The fourth-order valence-electron chi connectivity index (χ4n) is 2.55. The Balaban J connectivity index is 2.11. The molecule has 0 fully saturated rings. The second kappa shape index (κ2) is 5.13. The molecule has 0 amide bonds. The molecule has 2 aromatic heterocycles. The summed E-state index contributed by atoms with van der Waals surface area (Å²) in [4.78, 5) is 17.2. The van der Waals surface area contributed by atoms with Gasteiger partial charge in [0.1, 0.15) is 0 Å². The van der Waals surface area contributed by atoms with Gasteiger partial charge in [0.2, 0.25) is 0 Å². The Hall–Kier alpha value is -2.36. The molecule has 0 aliphatic rings. The standard InChI is InChI=1S/C17H12N2O2Se/c1-21-12-9-11-5-4-8-18-16(11)14(10-12)19-17(20)13-6-2-3-7-15(13)22-19/h2-10H,1H3. The molecule has 0 bridgehead atoms. The van der Waals surface area contributed by atoms with E-state index in [9.17, 15) is 4.79 Å². The maximum absolute atomic E-state index is 12.7. The van der Waals surface area contributed by atoms with E-state index in [4.69, 9.17) is 4.74 Å². The molecule has 0 unspecified atom stereocenters. The van der Waals surface area contributed by atoms with E-state index in [-0.39, 0.29) is 20.3 Å². The molecule has 0 aliphatic carbocycles. The molecule has 0 atom stereocenters. The molecule has 0 radical (unpaired) electrons. The number of aromatic nitrogens is 2. The quantitative estimate of drug-likeness (QED) is 0.519. The molecule has 0 aliphatic heterocycles. The summed E-state index contributed by atoms with van der Waals surface area (Å²) < 4.78 is 8.31. The second-order valence-electron chi connectivity index (χ2n) is 4.91. The molecule has 22 heavy (non-hydrogen) atoms. The molecular weight excluding hydrogens is 343 g/mol. The van der Waals surface area contributed by atoms with Gasteiger partial charge in [0.05, 0.1) is 0 Å². The normalized spacial score (nSPS) is 11.1. The van der Waals surface area contributed by atoms with Crippen molar-refractivity contribution in [3.8, 4) is 11.4 Å². The van der Waals surface area contributed by atoms with E-state index >= 15 is 0 Å². The molecule has 0 spiro atoms. The van der Waals surface area contributed by atoms with E-state index in [0.29, 0.717) is 0 Å². The molecule has 4 aromatic rings. The summed E-state index contributed by atoms with van der Waals surface area (Å²) in [6.45, 7) is 0. The number of pyridine rings is 1.